The third-order valence-electron chi connectivity index (χ3n) is 2.00. The molecule has 0 radical (unpaired) electrons. The molecule has 17 heavy (non-hydrogen) atoms. The number of hydrogen-bond donors (Lipinski definition) is 2. The summed E-state index contributed by atoms with van der Waals surface area (Å²) in [5.74, 6) is -1.15. The van der Waals surface area contributed by atoms with Gasteiger partial charge >= 0.3 is 5.97 Å². The second kappa shape index (κ2) is 6.65. The molecule has 0 aliphatic rings. The first-order chi connectivity index (χ1) is 8.11. The summed E-state index contributed by atoms with van der Waals surface area (Å²) in [6.07, 6.45) is -0.0603. The van der Waals surface area contributed by atoms with E-state index in [9.17, 15) is 9.59 Å². The van der Waals surface area contributed by atoms with Gasteiger partial charge < -0.3 is 15.2 Å². The zero-order valence-corrected chi connectivity index (χ0v) is 9.60. The second-order valence-electron chi connectivity index (χ2n) is 3.46. The number of carboxylic acids is 1. The topological polar surface area (TPSA) is 75.6 Å². The van der Waals surface area contributed by atoms with E-state index in [0.717, 1.165) is 0 Å². The number of carbonyl (C=O) groups is 2. The third-order valence-corrected chi connectivity index (χ3v) is 2.00. The van der Waals surface area contributed by atoms with Crippen LogP contribution in [0.2, 0.25) is 0 Å². The molecule has 92 valence electrons. The lowest BCUT2D eigenvalue weighted by Gasteiger charge is -2.06. The molecule has 1 rings (SSSR count). The van der Waals surface area contributed by atoms with Gasteiger partial charge in [-0.2, -0.15) is 0 Å². The highest BCUT2D eigenvalue weighted by Crippen LogP contribution is 2.11. The van der Waals surface area contributed by atoms with Crippen LogP contribution in [0.25, 0.3) is 0 Å². The minimum absolute atomic E-state index is 0.000339. The van der Waals surface area contributed by atoms with Gasteiger partial charge in [0.2, 0.25) is 5.91 Å². The lowest BCUT2D eigenvalue weighted by atomic mass is 10.1. The lowest BCUT2D eigenvalue weighted by molar-refractivity contribution is -0.136. The largest absolute Gasteiger partial charge is 0.481 e. The summed E-state index contributed by atoms with van der Waals surface area (Å²) in [7, 11) is 0. The zero-order valence-electron chi connectivity index (χ0n) is 9.60. The van der Waals surface area contributed by atoms with E-state index in [4.69, 9.17) is 9.84 Å². The summed E-state index contributed by atoms with van der Waals surface area (Å²) >= 11 is 0. The number of hydrogen-bond acceptors (Lipinski definition) is 3. The number of carboxylic acid groups (broad SMARTS) is 1. The number of benzene rings is 1. The molecular formula is C12H15NO4. The van der Waals surface area contributed by atoms with Crippen molar-refractivity contribution in [3.63, 3.8) is 0 Å². The van der Waals surface area contributed by atoms with Crippen LogP contribution in [0.15, 0.2) is 24.3 Å². The molecule has 0 saturated carbocycles. The van der Waals surface area contributed by atoms with Crippen molar-refractivity contribution in [3.05, 3.63) is 29.8 Å². The van der Waals surface area contributed by atoms with Crippen LogP contribution in [-0.4, -0.2) is 30.2 Å². The number of amides is 1. The maximum absolute atomic E-state index is 11.4. The van der Waals surface area contributed by atoms with Gasteiger partial charge in [-0.1, -0.05) is 12.1 Å². The first kappa shape index (κ1) is 13.2. The number of carbonyl (C=O) groups excluding carboxylic acids is 1. The Morgan fingerprint density at radius 2 is 2.18 bits per heavy atom. The van der Waals surface area contributed by atoms with Crippen LogP contribution in [0, 0.1) is 0 Å². The quantitative estimate of drug-likeness (QED) is 0.781. The lowest BCUT2D eigenvalue weighted by Crippen LogP contribution is -2.18. The summed E-state index contributed by atoms with van der Waals surface area (Å²) < 4.78 is 4.96. The molecule has 5 nitrogen and oxygen atoms in total. The van der Waals surface area contributed by atoms with Crippen LogP contribution in [0.5, 0.6) is 0 Å². The predicted octanol–water partition coefficient (Wildman–Crippen LogP) is 1.29. The molecule has 0 spiro atoms. The molecule has 0 saturated heterocycles. The van der Waals surface area contributed by atoms with E-state index in [-0.39, 0.29) is 18.9 Å². The Balaban J connectivity index is 2.59. The average Bonchev–Trinajstić information content (AvgIpc) is 2.26. The molecule has 5 heteroatoms. The Kier molecular flexibility index (Phi) is 5.16. The molecule has 0 aliphatic carbocycles. The maximum Gasteiger partial charge on any atom is 0.307 e. The molecule has 0 aliphatic heterocycles. The van der Waals surface area contributed by atoms with Gasteiger partial charge in [-0.3, -0.25) is 9.59 Å². The molecule has 1 aromatic rings. The van der Waals surface area contributed by atoms with E-state index < -0.39 is 5.97 Å². The minimum atomic E-state index is -0.900. The van der Waals surface area contributed by atoms with Gasteiger partial charge in [-0.25, -0.2) is 0 Å². The van der Waals surface area contributed by atoms with Crippen LogP contribution in [-0.2, 0) is 20.7 Å². The van der Waals surface area contributed by atoms with E-state index in [0.29, 0.717) is 17.9 Å². The Hall–Kier alpha value is -1.88. The van der Waals surface area contributed by atoms with Gasteiger partial charge in [0.1, 0.15) is 6.61 Å². The van der Waals surface area contributed by atoms with Crippen LogP contribution in [0.1, 0.15) is 12.5 Å². The molecular weight excluding hydrogens is 222 g/mol. The van der Waals surface area contributed by atoms with Gasteiger partial charge in [0.25, 0.3) is 0 Å². The van der Waals surface area contributed by atoms with Crippen molar-refractivity contribution in [1.82, 2.24) is 0 Å². The Morgan fingerprint density at radius 1 is 1.41 bits per heavy atom. The number of ether oxygens (including phenoxy) is 1. The highest BCUT2D eigenvalue weighted by molar-refractivity contribution is 5.91. The van der Waals surface area contributed by atoms with Crippen LogP contribution in [0.3, 0.4) is 0 Å². The highest BCUT2D eigenvalue weighted by Gasteiger charge is 2.04. The Labute approximate surface area is 99.4 Å². The first-order valence-electron chi connectivity index (χ1n) is 5.30. The molecule has 2 N–H and O–H groups in total. The Morgan fingerprint density at radius 3 is 2.82 bits per heavy atom. The molecule has 0 unspecified atom stereocenters. The van der Waals surface area contributed by atoms with Gasteiger partial charge in [0, 0.05) is 12.3 Å². The summed E-state index contributed by atoms with van der Waals surface area (Å²) in [5.41, 5.74) is 1.22. The van der Waals surface area contributed by atoms with E-state index in [1.807, 2.05) is 0 Å². The maximum atomic E-state index is 11.4. The molecule has 0 atom stereocenters. The smallest absolute Gasteiger partial charge is 0.307 e. The van der Waals surface area contributed by atoms with Gasteiger partial charge in [0.05, 0.1) is 6.42 Å². The van der Waals surface area contributed by atoms with E-state index in [2.05, 4.69) is 5.32 Å². The molecule has 1 aromatic carbocycles. The van der Waals surface area contributed by atoms with Gasteiger partial charge in [0.15, 0.2) is 0 Å². The van der Waals surface area contributed by atoms with Crippen LogP contribution in [0.4, 0.5) is 5.69 Å². The van der Waals surface area contributed by atoms with Crippen molar-refractivity contribution in [2.45, 2.75) is 13.3 Å². The normalized spacial score (nSPS) is 9.94. The fourth-order valence-electron chi connectivity index (χ4n) is 1.33. The summed E-state index contributed by atoms with van der Waals surface area (Å²) in [4.78, 5) is 21.9. The average molecular weight is 237 g/mol. The van der Waals surface area contributed by atoms with E-state index in [1.54, 1.807) is 31.2 Å². The van der Waals surface area contributed by atoms with Crippen molar-refractivity contribution in [2.24, 2.45) is 0 Å². The monoisotopic (exact) mass is 237 g/mol. The standard InChI is InChI=1S/C12H15NO4/c1-2-17-8-11(14)13-10-5-3-4-9(6-10)7-12(15)16/h3-6H,2,7-8H2,1H3,(H,13,14)(H,15,16). The second-order valence-corrected chi connectivity index (χ2v) is 3.46. The summed E-state index contributed by atoms with van der Waals surface area (Å²) in [6, 6.07) is 6.74. The Bertz CT molecular complexity index is 403. The summed E-state index contributed by atoms with van der Waals surface area (Å²) in [6.45, 7) is 2.28. The van der Waals surface area contributed by atoms with Crippen molar-refractivity contribution in [1.29, 1.82) is 0 Å². The highest BCUT2D eigenvalue weighted by atomic mass is 16.5. The zero-order chi connectivity index (χ0) is 12.7. The van der Waals surface area contributed by atoms with Crippen molar-refractivity contribution >= 4 is 17.6 Å². The van der Waals surface area contributed by atoms with Crippen molar-refractivity contribution in [2.75, 3.05) is 18.5 Å². The van der Waals surface area contributed by atoms with E-state index >= 15 is 0 Å². The number of aliphatic carboxylic acids is 1. The fraction of sp³-hybridized carbons (Fsp3) is 0.333. The molecule has 0 heterocycles. The minimum Gasteiger partial charge on any atom is -0.481 e. The number of nitrogens with one attached hydrogen (secondary N) is 1. The number of anilines is 1. The SMILES string of the molecule is CCOCC(=O)Nc1cccc(CC(=O)O)c1. The van der Waals surface area contributed by atoms with Crippen molar-refractivity contribution < 1.29 is 19.4 Å². The van der Waals surface area contributed by atoms with E-state index in [1.165, 1.54) is 0 Å². The number of rotatable bonds is 6. The molecule has 1 amide bonds. The molecule has 0 fully saturated rings. The molecule has 0 aromatic heterocycles. The van der Waals surface area contributed by atoms with Crippen LogP contribution >= 0.6 is 0 Å². The third kappa shape index (κ3) is 5.12. The van der Waals surface area contributed by atoms with Crippen LogP contribution < -0.4 is 5.32 Å². The fourth-order valence-corrected chi connectivity index (χ4v) is 1.33. The predicted molar refractivity (Wildman–Crippen MR) is 62.9 cm³/mol. The van der Waals surface area contributed by atoms with Crippen molar-refractivity contribution in [3.8, 4) is 0 Å². The first-order valence-corrected chi connectivity index (χ1v) is 5.30. The van der Waals surface area contributed by atoms with Gasteiger partial charge in [-0.15, -0.1) is 0 Å². The molecule has 0 bridgehead atoms. The summed E-state index contributed by atoms with van der Waals surface area (Å²) in [5, 5.41) is 11.3. The van der Waals surface area contributed by atoms with Gasteiger partial charge in [-0.05, 0) is 24.6 Å².